The minimum atomic E-state index is -0.883. The molecule has 1 saturated carbocycles. The third-order valence-corrected chi connectivity index (χ3v) is 3.34. The average Bonchev–Trinajstić information content (AvgIpc) is 2.27. The van der Waals surface area contributed by atoms with Crippen molar-refractivity contribution in [3.63, 3.8) is 0 Å². The molecule has 0 radical (unpaired) electrons. The standard InChI is InChI=1S/C12H13FN2O3/c13-9-3-2-8(6-14-9)10(16)15-7-12(11(17)18)4-1-5-12/h2-3,6H,1,4-5,7H2,(H,15,16)(H,17,18). The van der Waals surface area contributed by atoms with Gasteiger partial charge in [0.05, 0.1) is 11.0 Å². The summed E-state index contributed by atoms with van der Waals surface area (Å²) in [5.74, 6) is -1.98. The number of hydrogen-bond acceptors (Lipinski definition) is 3. The van der Waals surface area contributed by atoms with Gasteiger partial charge in [0.15, 0.2) is 0 Å². The SMILES string of the molecule is O=C(NCC1(C(=O)O)CCC1)c1ccc(F)nc1. The van der Waals surface area contributed by atoms with Crippen LogP contribution in [0.25, 0.3) is 0 Å². The molecule has 0 spiro atoms. The summed E-state index contributed by atoms with van der Waals surface area (Å²) < 4.78 is 12.6. The van der Waals surface area contributed by atoms with E-state index in [2.05, 4.69) is 10.3 Å². The number of rotatable bonds is 4. The molecule has 18 heavy (non-hydrogen) atoms. The lowest BCUT2D eigenvalue weighted by molar-refractivity contribution is -0.153. The highest BCUT2D eigenvalue weighted by Crippen LogP contribution is 2.40. The maximum atomic E-state index is 12.6. The second-order valence-corrected chi connectivity index (χ2v) is 4.49. The van der Waals surface area contributed by atoms with Crippen LogP contribution in [0.5, 0.6) is 0 Å². The summed E-state index contributed by atoms with van der Waals surface area (Å²) in [6, 6.07) is 2.40. The Kier molecular flexibility index (Phi) is 3.27. The molecule has 1 aliphatic rings. The quantitative estimate of drug-likeness (QED) is 0.789. The number of nitrogens with zero attached hydrogens (tertiary/aromatic N) is 1. The number of pyridine rings is 1. The smallest absolute Gasteiger partial charge is 0.311 e. The lowest BCUT2D eigenvalue weighted by Gasteiger charge is -2.37. The molecular formula is C12H13FN2O3. The number of aromatic nitrogens is 1. The summed E-state index contributed by atoms with van der Waals surface area (Å²) in [5.41, 5.74) is -0.611. The molecule has 6 heteroatoms. The van der Waals surface area contributed by atoms with Crippen LogP contribution in [0.2, 0.25) is 0 Å². The molecule has 0 saturated heterocycles. The summed E-state index contributed by atoms with van der Waals surface area (Å²) in [5, 5.41) is 11.7. The van der Waals surface area contributed by atoms with E-state index in [0.717, 1.165) is 18.7 Å². The Balaban J connectivity index is 1.96. The van der Waals surface area contributed by atoms with Gasteiger partial charge < -0.3 is 10.4 Å². The number of carboxylic acids is 1. The van der Waals surface area contributed by atoms with Crippen LogP contribution < -0.4 is 5.32 Å². The summed E-state index contributed by atoms with van der Waals surface area (Å²) >= 11 is 0. The van der Waals surface area contributed by atoms with Crippen molar-refractivity contribution in [2.75, 3.05) is 6.54 Å². The van der Waals surface area contributed by atoms with Crippen LogP contribution in [0.4, 0.5) is 4.39 Å². The van der Waals surface area contributed by atoms with Crippen LogP contribution in [0.15, 0.2) is 18.3 Å². The fourth-order valence-corrected chi connectivity index (χ4v) is 1.93. The number of amides is 1. The molecule has 1 amide bonds. The molecule has 0 aromatic carbocycles. The molecule has 2 N–H and O–H groups in total. The van der Waals surface area contributed by atoms with Gasteiger partial charge in [0.25, 0.3) is 5.91 Å². The second kappa shape index (κ2) is 4.72. The van der Waals surface area contributed by atoms with Crippen LogP contribution in [0.3, 0.4) is 0 Å². The molecule has 1 aromatic rings. The molecule has 5 nitrogen and oxygen atoms in total. The number of carboxylic acid groups (broad SMARTS) is 1. The van der Waals surface area contributed by atoms with Gasteiger partial charge >= 0.3 is 5.97 Å². The Morgan fingerprint density at radius 1 is 1.44 bits per heavy atom. The van der Waals surface area contributed by atoms with Crippen molar-refractivity contribution in [3.8, 4) is 0 Å². The van der Waals surface area contributed by atoms with E-state index < -0.39 is 23.2 Å². The highest BCUT2D eigenvalue weighted by atomic mass is 19.1. The molecule has 1 fully saturated rings. The van der Waals surface area contributed by atoms with Gasteiger partial charge in [-0.15, -0.1) is 0 Å². The van der Waals surface area contributed by atoms with Crippen LogP contribution in [-0.4, -0.2) is 28.5 Å². The van der Waals surface area contributed by atoms with Gasteiger partial charge in [-0.1, -0.05) is 6.42 Å². The molecule has 1 aromatic heterocycles. The Morgan fingerprint density at radius 3 is 2.61 bits per heavy atom. The predicted molar refractivity (Wildman–Crippen MR) is 60.4 cm³/mol. The van der Waals surface area contributed by atoms with E-state index in [1.54, 1.807) is 0 Å². The molecular weight excluding hydrogens is 239 g/mol. The first-order valence-corrected chi connectivity index (χ1v) is 5.67. The van der Waals surface area contributed by atoms with Crippen molar-refractivity contribution in [1.29, 1.82) is 0 Å². The van der Waals surface area contributed by atoms with Gasteiger partial charge in [-0.3, -0.25) is 9.59 Å². The molecule has 0 bridgehead atoms. The number of carbonyl (C=O) groups excluding carboxylic acids is 1. The van der Waals surface area contributed by atoms with Gasteiger partial charge in [0, 0.05) is 12.7 Å². The number of carbonyl (C=O) groups is 2. The number of halogens is 1. The van der Waals surface area contributed by atoms with E-state index in [9.17, 15) is 14.0 Å². The fourth-order valence-electron chi connectivity index (χ4n) is 1.93. The van der Waals surface area contributed by atoms with E-state index in [0.29, 0.717) is 12.8 Å². The van der Waals surface area contributed by atoms with Gasteiger partial charge in [0.1, 0.15) is 0 Å². The molecule has 0 atom stereocenters. The van der Waals surface area contributed by atoms with Crippen molar-refractivity contribution in [2.45, 2.75) is 19.3 Å². The van der Waals surface area contributed by atoms with Gasteiger partial charge in [-0.2, -0.15) is 4.39 Å². The first-order chi connectivity index (χ1) is 8.53. The highest BCUT2D eigenvalue weighted by molar-refractivity contribution is 5.94. The van der Waals surface area contributed by atoms with Gasteiger partial charge in [0.2, 0.25) is 5.95 Å². The Hall–Kier alpha value is -1.98. The monoisotopic (exact) mass is 252 g/mol. The Bertz CT molecular complexity index is 469. The number of nitrogens with one attached hydrogen (secondary N) is 1. The van der Waals surface area contributed by atoms with Crippen molar-refractivity contribution in [2.24, 2.45) is 5.41 Å². The van der Waals surface area contributed by atoms with E-state index >= 15 is 0 Å². The third-order valence-electron chi connectivity index (χ3n) is 3.34. The van der Waals surface area contributed by atoms with E-state index in [1.165, 1.54) is 6.07 Å². The molecule has 0 unspecified atom stereocenters. The fraction of sp³-hybridized carbons (Fsp3) is 0.417. The second-order valence-electron chi connectivity index (χ2n) is 4.49. The zero-order valence-electron chi connectivity index (χ0n) is 9.65. The lowest BCUT2D eigenvalue weighted by Crippen LogP contribution is -2.47. The Labute approximate surface area is 103 Å². The van der Waals surface area contributed by atoms with Gasteiger partial charge in [-0.25, -0.2) is 4.98 Å². The Morgan fingerprint density at radius 2 is 2.17 bits per heavy atom. The number of aliphatic carboxylic acids is 1. The maximum Gasteiger partial charge on any atom is 0.311 e. The van der Waals surface area contributed by atoms with Crippen molar-refractivity contribution < 1.29 is 19.1 Å². The van der Waals surface area contributed by atoms with Crippen molar-refractivity contribution in [3.05, 3.63) is 29.8 Å². The zero-order chi connectivity index (χ0) is 13.2. The normalized spacial score (nSPS) is 16.7. The highest BCUT2D eigenvalue weighted by Gasteiger charge is 2.44. The summed E-state index contributed by atoms with van der Waals surface area (Å²) in [4.78, 5) is 26.2. The van der Waals surface area contributed by atoms with Crippen LogP contribution in [0, 0.1) is 11.4 Å². The first kappa shape index (κ1) is 12.5. The van der Waals surface area contributed by atoms with Crippen LogP contribution in [0.1, 0.15) is 29.6 Å². The van der Waals surface area contributed by atoms with E-state index in [-0.39, 0.29) is 12.1 Å². The average molecular weight is 252 g/mol. The predicted octanol–water partition coefficient (Wildman–Crippen LogP) is 1.21. The molecule has 96 valence electrons. The van der Waals surface area contributed by atoms with E-state index in [1.807, 2.05) is 0 Å². The largest absolute Gasteiger partial charge is 0.481 e. The topological polar surface area (TPSA) is 79.3 Å². The molecule has 2 rings (SSSR count). The molecule has 0 aliphatic heterocycles. The van der Waals surface area contributed by atoms with E-state index in [4.69, 9.17) is 5.11 Å². The lowest BCUT2D eigenvalue weighted by atomic mass is 9.69. The third kappa shape index (κ3) is 2.32. The summed E-state index contributed by atoms with van der Waals surface area (Å²) in [6.07, 6.45) is 3.13. The van der Waals surface area contributed by atoms with Crippen molar-refractivity contribution >= 4 is 11.9 Å². The van der Waals surface area contributed by atoms with Crippen LogP contribution >= 0.6 is 0 Å². The maximum absolute atomic E-state index is 12.6. The van der Waals surface area contributed by atoms with Crippen molar-refractivity contribution in [1.82, 2.24) is 10.3 Å². The molecule has 1 aliphatic carbocycles. The number of hydrogen-bond donors (Lipinski definition) is 2. The van der Waals surface area contributed by atoms with Gasteiger partial charge in [-0.05, 0) is 25.0 Å². The minimum Gasteiger partial charge on any atom is -0.481 e. The molecule has 1 heterocycles. The minimum absolute atomic E-state index is 0.0958. The summed E-state index contributed by atoms with van der Waals surface area (Å²) in [7, 11) is 0. The first-order valence-electron chi connectivity index (χ1n) is 5.67. The zero-order valence-corrected chi connectivity index (χ0v) is 9.65. The van der Waals surface area contributed by atoms with Crippen LogP contribution in [-0.2, 0) is 4.79 Å². The summed E-state index contributed by atoms with van der Waals surface area (Å²) in [6.45, 7) is 0.0958.